The van der Waals surface area contributed by atoms with Crippen molar-refractivity contribution in [2.24, 2.45) is 0 Å². The summed E-state index contributed by atoms with van der Waals surface area (Å²) in [5.74, 6) is 2.27. The lowest BCUT2D eigenvalue weighted by Gasteiger charge is -2.40. The van der Waals surface area contributed by atoms with Crippen molar-refractivity contribution in [2.75, 3.05) is 13.1 Å². The summed E-state index contributed by atoms with van der Waals surface area (Å²) in [6.45, 7) is 7.97. The SMILES string of the molecule is Cc1nnc(C(C)C)n1C1CC2CCC(C1)N2CC[C@H](NC(=O)CCCCc1ccc(C(=O)N2CCC2=O)cc1)c1ccccc1. The van der Waals surface area contributed by atoms with Crippen molar-refractivity contribution in [2.45, 2.75) is 115 Å². The minimum atomic E-state index is -0.216. The van der Waals surface area contributed by atoms with Crippen LogP contribution in [-0.2, 0) is 16.0 Å². The molecule has 2 aromatic carbocycles. The zero-order valence-electron chi connectivity index (χ0n) is 27.5. The van der Waals surface area contributed by atoms with E-state index in [1.807, 2.05) is 18.2 Å². The lowest BCUT2D eigenvalue weighted by Crippen LogP contribution is -2.47. The smallest absolute Gasteiger partial charge is 0.260 e. The Morgan fingerprint density at radius 2 is 1.65 bits per heavy atom. The number of fused-ring (bicyclic) bond motifs is 2. The minimum Gasteiger partial charge on any atom is -0.349 e. The van der Waals surface area contributed by atoms with Gasteiger partial charge in [0.2, 0.25) is 11.8 Å². The van der Waals surface area contributed by atoms with Crippen molar-refractivity contribution in [3.63, 3.8) is 0 Å². The van der Waals surface area contributed by atoms with Gasteiger partial charge in [0.05, 0.1) is 6.04 Å². The molecule has 0 spiro atoms. The molecule has 0 radical (unpaired) electrons. The highest BCUT2D eigenvalue weighted by Crippen LogP contribution is 2.42. The van der Waals surface area contributed by atoms with E-state index in [0.29, 0.717) is 49.0 Å². The van der Waals surface area contributed by atoms with Crippen molar-refractivity contribution in [3.8, 4) is 0 Å². The second-order valence-electron chi connectivity index (χ2n) is 13.7. The second-order valence-corrected chi connectivity index (χ2v) is 13.7. The predicted molar refractivity (Wildman–Crippen MR) is 177 cm³/mol. The third-order valence-electron chi connectivity index (χ3n) is 10.3. The van der Waals surface area contributed by atoms with E-state index in [1.165, 1.54) is 17.7 Å². The quantitative estimate of drug-likeness (QED) is 0.144. The molecule has 0 saturated carbocycles. The molecule has 2 bridgehead atoms. The van der Waals surface area contributed by atoms with E-state index in [-0.39, 0.29) is 23.8 Å². The molecule has 4 heterocycles. The van der Waals surface area contributed by atoms with Gasteiger partial charge in [0.1, 0.15) is 11.6 Å². The van der Waals surface area contributed by atoms with Crippen LogP contribution >= 0.6 is 0 Å². The molecule has 46 heavy (non-hydrogen) atoms. The largest absolute Gasteiger partial charge is 0.349 e. The maximum absolute atomic E-state index is 13.2. The summed E-state index contributed by atoms with van der Waals surface area (Å²) in [6.07, 6.45) is 9.11. The molecule has 9 heteroatoms. The first-order chi connectivity index (χ1) is 22.3. The number of hydrogen-bond donors (Lipinski definition) is 1. The molecule has 3 amide bonds. The van der Waals surface area contributed by atoms with Crippen molar-refractivity contribution in [1.82, 2.24) is 29.9 Å². The number of aromatic nitrogens is 3. The maximum atomic E-state index is 13.2. The summed E-state index contributed by atoms with van der Waals surface area (Å²) in [5.41, 5.74) is 2.84. The number of unbranched alkanes of at least 4 members (excludes halogenated alkanes) is 1. The molecule has 2 unspecified atom stereocenters. The van der Waals surface area contributed by atoms with Crippen LogP contribution in [0.4, 0.5) is 0 Å². The Kier molecular flexibility index (Phi) is 9.97. The van der Waals surface area contributed by atoms with Gasteiger partial charge in [-0.2, -0.15) is 0 Å². The summed E-state index contributed by atoms with van der Waals surface area (Å²) in [5, 5.41) is 12.3. The Labute approximate surface area is 272 Å². The number of benzene rings is 2. The van der Waals surface area contributed by atoms with E-state index < -0.39 is 0 Å². The molecule has 3 aliphatic rings. The molecule has 3 fully saturated rings. The molecule has 6 rings (SSSR count). The first kappa shape index (κ1) is 32.1. The van der Waals surface area contributed by atoms with Crippen LogP contribution in [0.15, 0.2) is 54.6 Å². The van der Waals surface area contributed by atoms with Gasteiger partial charge in [0, 0.05) is 55.5 Å². The normalized spacial score (nSPS) is 21.8. The van der Waals surface area contributed by atoms with E-state index in [1.54, 1.807) is 12.1 Å². The van der Waals surface area contributed by atoms with Gasteiger partial charge >= 0.3 is 0 Å². The highest BCUT2D eigenvalue weighted by Gasteiger charge is 2.42. The number of likely N-dealkylation sites (tertiary alicyclic amines) is 1. The average Bonchev–Trinajstić information content (AvgIpc) is 3.55. The van der Waals surface area contributed by atoms with E-state index in [0.717, 1.165) is 67.8 Å². The number of carbonyl (C=O) groups is 3. The number of nitrogens with one attached hydrogen (secondary N) is 1. The molecule has 3 atom stereocenters. The molecular weight excluding hydrogens is 576 g/mol. The molecule has 9 nitrogen and oxygen atoms in total. The van der Waals surface area contributed by atoms with Crippen LogP contribution in [0.5, 0.6) is 0 Å². The Balaban J connectivity index is 0.990. The van der Waals surface area contributed by atoms with E-state index >= 15 is 0 Å². The highest BCUT2D eigenvalue weighted by molar-refractivity contribution is 6.07. The number of rotatable bonds is 13. The van der Waals surface area contributed by atoms with Crippen molar-refractivity contribution >= 4 is 17.7 Å². The van der Waals surface area contributed by atoms with E-state index in [4.69, 9.17) is 0 Å². The fourth-order valence-corrected chi connectivity index (χ4v) is 7.72. The molecule has 3 aromatic rings. The van der Waals surface area contributed by atoms with Crippen LogP contribution in [0.1, 0.15) is 123 Å². The first-order valence-corrected chi connectivity index (χ1v) is 17.2. The van der Waals surface area contributed by atoms with Gasteiger partial charge in [-0.3, -0.25) is 24.2 Å². The van der Waals surface area contributed by atoms with Gasteiger partial charge in [0.15, 0.2) is 0 Å². The lowest BCUT2D eigenvalue weighted by atomic mass is 9.95. The maximum Gasteiger partial charge on any atom is 0.260 e. The van der Waals surface area contributed by atoms with Crippen LogP contribution < -0.4 is 5.32 Å². The zero-order valence-corrected chi connectivity index (χ0v) is 27.5. The van der Waals surface area contributed by atoms with Crippen LogP contribution in [0.25, 0.3) is 0 Å². The minimum absolute atomic E-state index is 0.0122. The van der Waals surface area contributed by atoms with Crippen LogP contribution in [-0.4, -0.2) is 67.5 Å². The molecule has 3 aliphatic heterocycles. The Hall–Kier alpha value is -3.85. The Morgan fingerprint density at radius 1 is 0.935 bits per heavy atom. The standard InChI is InChI=1S/C37H48N6O3/c1-25(2)36-40-39-26(3)43(36)32-23-30-17-18-31(24-32)41(30)21-19-33(28-10-5-4-6-11-28)38-34(44)12-8-7-9-27-13-15-29(16-14-27)37(46)42-22-20-35(42)45/h4-6,10-11,13-16,25,30-33H,7-9,12,17-24H2,1-3H3,(H,38,44)/t30?,31?,32?,33-/m0/s1. The predicted octanol–water partition coefficient (Wildman–Crippen LogP) is 5.91. The summed E-state index contributed by atoms with van der Waals surface area (Å²) in [7, 11) is 0. The zero-order chi connectivity index (χ0) is 32.2. The second kappa shape index (κ2) is 14.3. The molecule has 1 N–H and O–H groups in total. The number of hydrogen-bond acceptors (Lipinski definition) is 6. The number of nitrogens with zero attached hydrogens (tertiary/aromatic N) is 5. The average molecular weight is 625 g/mol. The first-order valence-electron chi connectivity index (χ1n) is 17.2. The van der Waals surface area contributed by atoms with Gasteiger partial charge in [-0.15, -0.1) is 10.2 Å². The Morgan fingerprint density at radius 3 is 2.28 bits per heavy atom. The van der Waals surface area contributed by atoms with Crippen LogP contribution in [0, 0.1) is 6.92 Å². The third-order valence-corrected chi connectivity index (χ3v) is 10.3. The number of amides is 3. The lowest BCUT2D eigenvalue weighted by molar-refractivity contribution is -0.136. The molecule has 0 aliphatic carbocycles. The van der Waals surface area contributed by atoms with Gasteiger partial charge in [-0.25, -0.2) is 0 Å². The fourth-order valence-electron chi connectivity index (χ4n) is 7.72. The molecular formula is C37H48N6O3. The van der Waals surface area contributed by atoms with Crippen molar-refractivity contribution < 1.29 is 14.4 Å². The number of aryl methyl sites for hydroxylation is 2. The van der Waals surface area contributed by atoms with Gasteiger partial charge in [-0.1, -0.05) is 56.3 Å². The monoisotopic (exact) mass is 624 g/mol. The molecule has 244 valence electrons. The summed E-state index contributed by atoms with van der Waals surface area (Å²) < 4.78 is 2.41. The molecule has 1 aromatic heterocycles. The van der Waals surface area contributed by atoms with Crippen LogP contribution in [0.3, 0.4) is 0 Å². The fraction of sp³-hybridized carbons (Fsp3) is 0.541. The third kappa shape index (κ3) is 7.09. The van der Waals surface area contributed by atoms with E-state index in [9.17, 15) is 14.4 Å². The topological polar surface area (TPSA) is 100 Å². The van der Waals surface area contributed by atoms with Crippen molar-refractivity contribution in [1.29, 1.82) is 0 Å². The number of imide groups is 1. The number of carbonyl (C=O) groups excluding carboxylic acids is 3. The number of piperidine rings is 1. The van der Waals surface area contributed by atoms with E-state index in [2.05, 4.69) is 70.0 Å². The Bertz CT molecular complexity index is 1500. The summed E-state index contributed by atoms with van der Waals surface area (Å²) >= 11 is 0. The van der Waals surface area contributed by atoms with Gasteiger partial charge in [0.25, 0.3) is 5.91 Å². The highest BCUT2D eigenvalue weighted by atomic mass is 16.2. The van der Waals surface area contributed by atoms with Crippen molar-refractivity contribution in [3.05, 3.63) is 82.9 Å². The molecule has 3 saturated heterocycles. The summed E-state index contributed by atoms with van der Waals surface area (Å²) in [6, 6.07) is 19.5. The van der Waals surface area contributed by atoms with Gasteiger partial charge in [-0.05, 0) is 81.5 Å². The number of β-lactam (4-membered cyclic amide) rings is 1. The van der Waals surface area contributed by atoms with Gasteiger partial charge < -0.3 is 9.88 Å². The van der Waals surface area contributed by atoms with Crippen LogP contribution in [0.2, 0.25) is 0 Å². The summed E-state index contributed by atoms with van der Waals surface area (Å²) in [4.78, 5) is 41.1.